The number of dihydropyridines is 1. The molecule has 0 aromatic heterocycles. The minimum absolute atomic E-state index is 0.0630. The van der Waals surface area contributed by atoms with E-state index in [9.17, 15) is 24.5 Å². The van der Waals surface area contributed by atoms with Crippen LogP contribution in [0.1, 0.15) is 49.7 Å². The lowest BCUT2D eigenvalue weighted by atomic mass is 9.72. The molecule has 258 valence electrons. The molecule has 2 amide bonds. The second kappa shape index (κ2) is 17.0. The summed E-state index contributed by atoms with van der Waals surface area (Å²) in [6, 6.07) is 15.9. The maximum atomic E-state index is 13.0. The second-order valence-corrected chi connectivity index (χ2v) is 12.0. The van der Waals surface area contributed by atoms with Crippen molar-refractivity contribution in [3.63, 3.8) is 0 Å². The van der Waals surface area contributed by atoms with E-state index < -0.39 is 16.3 Å². The summed E-state index contributed by atoms with van der Waals surface area (Å²) in [4.78, 5) is 54.4. The van der Waals surface area contributed by atoms with E-state index in [2.05, 4.69) is 10.2 Å². The molecule has 0 spiro atoms. The Bertz CT molecular complexity index is 1490. The number of allylic oxidation sites excluding steroid dienone is 1. The molecule has 0 bridgehead atoms. The first-order chi connectivity index (χ1) is 23.2. The van der Waals surface area contributed by atoms with Crippen molar-refractivity contribution in [3.05, 3.63) is 98.6 Å². The summed E-state index contributed by atoms with van der Waals surface area (Å²) in [5.41, 5.74) is 9.25. The normalized spacial score (nSPS) is 17.8. The number of rotatable bonds is 17. The van der Waals surface area contributed by atoms with E-state index in [0.29, 0.717) is 94.1 Å². The lowest BCUT2D eigenvalue weighted by molar-refractivity contribution is -0.384. The van der Waals surface area contributed by atoms with Crippen LogP contribution in [0, 0.1) is 10.1 Å². The monoisotopic (exact) mass is 662 g/mol. The minimum atomic E-state index is -0.694. The van der Waals surface area contributed by atoms with E-state index in [1.54, 1.807) is 24.1 Å². The van der Waals surface area contributed by atoms with Crippen molar-refractivity contribution in [2.75, 3.05) is 60.1 Å². The van der Waals surface area contributed by atoms with Crippen LogP contribution in [0.25, 0.3) is 0 Å². The fourth-order valence-corrected chi connectivity index (χ4v) is 6.76. The standard InChI is InChI=1S/C35H46N6O7/c1-4-29-32(38(2)24-42)31(26-11-13-28(14-12-26)41(45)46)33(30(37-29)23-48-22-17-36)40(25-43)19-8-18-39-20-15-35(16-21-39,34(44)47-3)27-9-6-5-7-10-27/h5-7,9-14,24-25,31,37H,4,8,15-23,36H2,1-3H3. The number of hydrogen-bond acceptors (Lipinski definition) is 10. The predicted molar refractivity (Wildman–Crippen MR) is 180 cm³/mol. The third-order valence-electron chi connectivity index (χ3n) is 9.23. The largest absolute Gasteiger partial charge is 0.468 e. The summed E-state index contributed by atoms with van der Waals surface area (Å²) in [6.07, 6.45) is 3.91. The average Bonchev–Trinajstić information content (AvgIpc) is 3.13. The van der Waals surface area contributed by atoms with Gasteiger partial charge in [-0.25, -0.2) is 0 Å². The number of esters is 1. The minimum Gasteiger partial charge on any atom is -0.468 e. The maximum absolute atomic E-state index is 13.0. The Hall–Kier alpha value is -4.59. The summed E-state index contributed by atoms with van der Waals surface area (Å²) in [5, 5.41) is 14.9. The molecule has 4 rings (SSSR count). The van der Waals surface area contributed by atoms with Crippen molar-refractivity contribution in [1.29, 1.82) is 0 Å². The number of ether oxygens (including phenoxy) is 2. The van der Waals surface area contributed by atoms with Gasteiger partial charge in [-0.05, 0) is 56.4 Å². The Balaban J connectivity index is 1.60. The molecule has 0 saturated carbocycles. The fraction of sp³-hybridized carbons (Fsp3) is 0.457. The van der Waals surface area contributed by atoms with Crippen LogP contribution >= 0.6 is 0 Å². The van der Waals surface area contributed by atoms with Crippen LogP contribution in [0.2, 0.25) is 0 Å². The van der Waals surface area contributed by atoms with Crippen LogP contribution < -0.4 is 11.1 Å². The number of hydrogen-bond donors (Lipinski definition) is 2. The molecule has 1 unspecified atom stereocenters. The van der Waals surface area contributed by atoms with Gasteiger partial charge in [0.1, 0.15) is 0 Å². The number of nitrogens with zero attached hydrogens (tertiary/aromatic N) is 4. The van der Waals surface area contributed by atoms with Gasteiger partial charge in [0.05, 0.1) is 53.7 Å². The number of benzene rings is 2. The highest BCUT2D eigenvalue weighted by atomic mass is 16.6. The summed E-state index contributed by atoms with van der Waals surface area (Å²) in [5.74, 6) is -0.824. The highest BCUT2D eigenvalue weighted by molar-refractivity contribution is 5.83. The summed E-state index contributed by atoms with van der Waals surface area (Å²) >= 11 is 0. The topological polar surface area (TPSA) is 161 Å². The molecule has 13 heteroatoms. The van der Waals surface area contributed by atoms with Crippen molar-refractivity contribution in [2.24, 2.45) is 5.73 Å². The van der Waals surface area contributed by atoms with Gasteiger partial charge in [0.15, 0.2) is 0 Å². The number of likely N-dealkylation sites (tertiary alicyclic amines) is 1. The summed E-state index contributed by atoms with van der Waals surface area (Å²) in [6.45, 7) is 5.16. The van der Waals surface area contributed by atoms with Crippen molar-refractivity contribution in [3.8, 4) is 0 Å². The van der Waals surface area contributed by atoms with E-state index >= 15 is 0 Å². The van der Waals surface area contributed by atoms with Gasteiger partial charge in [0.2, 0.25) is 12.8 Å². The quantitative estimate of drug-likeness (QED) is 0.0846. The van der Waals surface area contributed by atoms with Crippen molar-refractivity contribution < 1.29 is 28.8 Å². The molecular formula is C35H46N6O7. The number of nitrogens with one attached hydrogen (secondary N) is 1. The molecule has 1 saturated heterocycles. The molecule has 1 fully saturated rings. The molecule has 2 aromatic rings. The van der Waals surface area contributed by atoms with Crippen LogP contribution in [0.3, 0.4) is 0 Å². The first kappa shape index (κ1) is 36.2. The molecule has 2 aliphatic rings. The van der Waals surface area contributed by atoms with Gasteiger partial charge >= 0.3 is 5.97 Å². The molecular weight excluding hydrogens is 616 g/mol. The summed E-state index contributed by atoms with van der Waals surface area (Å²) in [7, 11) is 3.08. The zero-order valence-corrected chi connectivity index (χ0v) is 27.9. The maximum Gasteiger partial charge on any atom is 0.316 e. The van der Waals surface area contributed by atoms with E-state index in [-0.39, 0.29) is 18.3 Å². The number of carbonyl (C=O) groups excluding carboxylic acids is 3. The Kier molecular flexibility index (Phi) is 12.8. The van der Waals surface area contributed by atoms with E-state index in [4.69, 9.17) is 15.2 Å². The Morgan fingerprint density at radius 2 is 1.77 bits per heavy atom. The number of nitro benzene ring substituents is 1. The van der Waals surface area contributed by atoms with Gasteiger partial charge < -0.3 is 35.2 Å². The first-order valence-corrected chi connectivity index (χ1v) is 16.3. The Morgan fingerprint density at radius 1 is 1.08 bits per heavy atom. The number of methoxy groups -OCH3 is 1. The lowest BCUT2D eigenvalue weighted by Gasteiger charge is -2.41. The third-order valence-corrected chi connectivity index (χ3v) is 9.23. The molecule has 48 heavy (non-hydrogen) atoms. The van der Waals surface area contributed by atoms with Crippen LogP contribution in [-0.2, 0) is 29.3 Å². The van der Waals surface area contributed by atoms with E-state index in [1.165, 1.54) is 24.1 Å². The van der Waals surface area contributed by atoms with Crippen LogP contribution in [-0.4, -0.2) is 98.5 Å². The van der Waals surface area contributed by atoms with Crippen LogP contribution in [0.5, 0.6) is 0 Å². The lowest BCUT2D eigenvalue weighted by Crippen LogP contribution is -2.48. The highest BCUT2D eigenvalue weighted by Crippen LogP contribution is 2.42. The number of non-ortho nitro benzene ring substituents is 1. The smallest absolute Gasteiger partial charge is 0.316 e. The number of piperidine rings is 1. The number of nitrogens with two attached hydrogens (primary N) is 1. The molecule has 1 atom stereocenters. The van der Waals surface area contributed by atoms with E-state index in [1.807, 2.05) is 37.3 Å². The Labute approximate surface area is 281 Å². The first-order valence-electron chi connectivity index (χ1n) is 16.3. The molecule has 3 N–H and O–H groups in total. The van der Waals surface area contributed by atoms with Gasteiger partial charge in [0, 0.05) is 38.0 Å². The number of carbonyl (C=O) groups is 3. The second-order valence-electron chi connectivity index (χ2n) is 12.0. The van der Waals surface area contributed by atoms with Crippen LogP contribution in [0.4, 0.5) is 5.69 Å². The zero-order chi connectivity index (χ0) is 34.7. The zero-order valence-electron chi connectivity index (χ0n) is 27.9. The highest BCUT2D eigenvalue weighted by Gasteiger charge is 2.44. The molecule has 0 radical (unpaired) electrons. The molecule has 13 nitrogen and oxygen atoms in total. The molecule has 2 aliphatic heterocycles. The molecule has 2 heterocycles. The number of amides is 2. The average molecular weight is 663 g/mol. The SMILES string of the molecule is CCC1=C(N(C)C=O)C(c2ccc([N+](=O)[O-])cc2)C(N(C=O)CCCN2CCC(C(=O)OC)(c3ccccc3)CC2)=C(COCCN)N1. The molecule has 2 aromatic carbocycles. The summed E-state index contributed by atoms with van der Waals surface area (Å²) < 4.78 is 11.1. The van der Waals surface area contributed by atoms with Crippen molar-refractivity contribution in [2.45, 2.75) is 43.9 Å². The van der Waals surface area contributed by atoms with Gasteiger partial charge in [-0.2, -0.15) is 0 Å². The number of likely N-dealkylation sites (N-methyl/N-ethyl adjacent to an activating group) is 1. The fourth-order valence-electron chi connectivity index (χ4n) is 6.76. The molecule has 0 aliphatic carbocycles. The van der Waals surface area contributed by atoms with Gasteiger partial charge in [-0.3, -0.25) is 24.5 Å². The van der Waals surface area contributed by atoms with Gasteiger partial charge in [-0.15, -0.1) is 0 Å². The third kappa shape index (κ3) is 7.92. The van der Waals surface area contributed by atoms with Gasteiger partial charge in [-0.1, -0.05) is 49.4 Å². The van der Waals surface area contributed by atoms with Gasteiger partial charge in [0.25, 0.3) is 5.69 Å². The van der Waals surface area contributed by atoms with E-state index in [0.717, 1.165) is 17.7 Å². The van der Waals surface area contributed by atoms with Crippen LogP contribution in [0.15, 0.2) is 77.4 Å². The Morgan fingerprint density at radius 3 is 2.33 bits per heavy atom. The van der Waals surface area contributed by atoms with Crippen molar-refractivity contribution in [1.82, 2.24) is 20.0 Å². The van der Waals surface area contributed by atoms with Crippen molar-refractivity contribution >= 4 is 24.5 Å². The number of nitro groups is 1. The predicted octanol–water partition coefficient (Wildman–Crippen LogP) is 3.23.